The van der Waals surface area contributed by atoms with Gasteiger partial charge in [0.1, 0.15) is 5.75 Å². The number of aryl methyl sites for hydroxylation is 1. The van der Waals surface area contributed by atoms with Crippen LogP contribution in [-0.2, 0) is 4.79 Å². The highest BCUT2D eigenvalue weighted by Gasteiger charge is 2.07. The highest BCUT2D eigenvalue weighted by Crippen LogP contribution is 2.23. The van der Waals surface area contributed by atoms with Gasteiger partial charge in [0.25, 0.3) is 0 Å². The first-order valence-electron chi connectivity index (χ1n) is 7.03. The highest BCUT2D eigenvalue weighted by atomic mass is 35.5. The summed E-state index contributed by atoms with van der Waals surface area (Å²) in [5.41, 5.74) is 2.71. The highest BCUT2D eigenvalue weighted by molar-refractivity contribution is 6.30. The first-order valence-corrected chi connectivity index (χ1v) is 7.41. The number of halogens is 1. The van der Waals surface area contributed by atoms with E-state index < -0.39 is 0 Å². The van der Waals surface area contributed by atoms with Crippen molar-refractivity contribution in [2.45, 2.75) is 13.3 Å². The Morgan fingerprint density at radius 2 is 1.95 bits per heavy atom. The summed E-state index contributed by atoms with van der Waals surface area (Å²) >= 11 is 5.92. The molecule has 0 spiro atoms. The third kappa shape index (κ3) is 4.40. The van der Waals surface area contributed by atoms with E-state index in [9.17, 15) is 4.79 Å². The number of carbonyl (C=O) groups is 1. The van der Waals surface area contributed by atoms with Crippen molar-refractivity contribution in [3.05, 3.63) is 53.1 Å². The molecular formula is C17H19ClN2O2. The van der Waals surface area contributed by atoms with Gasteiger partial charge in [0.2, 0.25) is 5.91 Å². The van der Waals surface area contributed by atoms with Crippen LogP contribution in [0.1, 0.15) is 12.0 Å². The second-order valence-corrected chi connectivity index (χ2v) is 5.32. The summed E-state index contributed by atoms with van der Waals surface area (Å²) in [6.45, 7) is 2.52. The summed E-state index contributed by atoms with van der Waals surface area (Å²) in [6, 6.07) is 13.0. The van der Waals surface area contributed by atoms with E-state index in [0.717, 1.165) is 11.3 Å². The zero-order valence-electron chi connectivity index (χ0n) is 12.7. The third-order valence-corrected chi connectivity index (χ3v) is 3.47. The molecule has 5 heteroatoms. The Morgan fingerprint density at radius 1 is 1.18 bits per heavy atom. The molecule has 116 valence electrons. The number of anilines is 2. The Bertz CT molecular complexity index is 659. The smallest absolute Gasteiger partial charge is 0.226 e. The molecule has 2 rings (SSSR count). The van der Waals surface area contributed by atoms with Gasteiger partial charge in [-0.15, -0.1) is 0 Å². The van der Waals surface area contributed by atoms with Gasteiger partial charge in [0.15, 0.2) is 0 Å². The maximum absolute atomic E-state index is 12.0. The summed E-state index contributed by atoms with van der Waals surface area (Å²) < 4.78 is 5.20. The average molecular weight is 319 g/mol. The lowest BCUT2D eigenvalue weighted by Gasteiger charge is -2.11. The van der Waals surface area contributed by atoms with Gasteiger partial charge in [0.05, 0.1) is 12.8 Å². The molecule has 2 aromatic carbocycles. The third-order valence-electron chi connectivity index (χ3n) is 3.24. The minimum Gasteiger partial charge on any atom is -0.495 e. The Balaban J connectivity index is 1.85. The molecule has 1 amide bonds. The maximum atomic E-state index is 12.0. The van der Waals surface area contributed by atoms with Crippen molar-refractivity contribution in [1.29, 1.82) is 0 Å². The lowest BCUT2D eigenvalue weighted by atomic mass is 10.2. The van der Waals surface area contributed by atoms with Crippen molar-refractivity contribution >= 4 is 28.9 Å². The molecule has 22 heavy (non-hydrogen) atoms. The van der Waals surface area contributed by atoms with Crippen LogP contribution in [0.5, 0.6) is 5.75 Å². The fourth-order valence-electron chi connectivity index (χ4n) is 2.10. The van der Waals surface area contributed by atoms with Crippen molar-refractivity contribution < 1.29 is 9.53 Å². The Kier molecular flexibility index (Phi) is 5.67. The van der Waals surface area contributed by atoms with Gasteiger partial charge in [-0.3, -0.25) is 4.79 Å². The van der Waals surface area contributed by atoms with Crippen molar-refractivity contribution in [2.24, 2.45) is 0 Å². The summed E-state index contributed by atoms with van der Waals surface area (Å²) in [5.74, 6) is 0.584. The van der Waals surface area contributed by atoms with Crippen LogP contribution in [0.15, 0.2) is 42.5 Å². The maximum Gasteiger partial charge on any atom is 0.226 e. The predicted octanol–water partition coefficient (Wildman–Crippen LogP) is 4.10. The van der Waals surface area contributed by atoms with Crippen LogP contribution in [0, 0.1) is 6.92 Å². The van der Waals surface area contributed by atoms with Gasteiger partial charge in [-0.2, -0.15) is 0 Å². The van der Waals surface area contributed by atoms with E-state index in [0.29, 0.717) is 29.4 Å². The molecule has 2 aromatic rings. The first kappa shape index (κ1) is 16.2. The standard InChI is InChI=1S/C17H19ClN2O2/c1-12-11-13(18)7-8-14(12)19-10-9-17(21)20-15-5-3-4-6-16(15)22-2/h3-8,11,19H,9-10H2,1-2H3,(H,20,21). The normalized spacial score (nSPS) is 10.1. The van der Waals surface area contributed by atoms with Crippen LogP contribution in [0.2, 0.25) is 5.02 Å². The number of carbonyl (C=O) groups excluding carboxylic acids is 1. The van der Waals surface area contributed by atoms with E-state index in [1.165, 1.54) is 0 Å². The molecule has 0 atom stereocenters. The number of rotatable bonds is 6. The molecular weight excluding hydrogens is 300 g/mol. The van der Waals surface area contributed by atoms with Crippen LogP contribution >= 0.6 is 11.6 Å². The predicted molar refractivity (Wildman–Crippen MR) is 90.9 cm³/mol. The van der Waals surface area contributed by atoms with Crippen molar-refractivity contribution in [1.82, 2.24) is 0 Å². The molecule has 0 saturated carbocycles. The molecule has 0 radical (unpaired) electrons. The molecule has 0 aliphatic carbocycles. The number of hydrogen-bond acceptors (Lipinski definition) is 3. The average Bonchev–Trinajstić information content (AvgIpc) is 2.50. The molecule has 4 nitrogen and oxygen atoms in total. The van der Waals surface area contributed by atoms with Gasteiger partial charge < -0.3 is 15.4 Å². The molecule has 0 unspecified atom stereocenters. The van der Waals surface area contributed by atoms with E-state index in [4.69, 9.17) is 16.3 Å². The lowest BCUT2D eigenvalue weighted by Crippen LogP contribution is -2.16. The fourth-order valence-corrected chi connectivity index (χ4v) is 2.32. The minimum atomic E-state index is -0.0661. The van der Waals surface area contributed by atoms with Crippen LogP contribution < -0.4 is 15.4 Å². The minimum absolute atomic E-state index is 0.0661. The van der Waals surface area contributed by atoms with Crippen LogP contribution in [0.3, 0.4) is 0 Å². The molecule has 0 aliphatic heterocycles. The lowest BCUT2D eigenvalue weighted by molar-refractivity contribution is -0.116. The summed E-state index contributed by atoms with van der Waals surface area (Å²) in [6.07, 6.45) is 0.361. The molecule has 0 bridgehead atoms. The topological polar surface area (TPSA) is 50.4 Å². The number of hydrogen-bond donors (Lipinski definition) is 2. The molecule has 0 fully saturated rings. The van der Waals surface area contributed by atoms with Gasteiger partial charge in [-0.05, 0) is 42.8 Å². The number of para-hydroxylation sites is 2. The molecule has 0 heterocycles. The van der Waals surface area contributed by atoms with Gasteiger partial charge >= 0.3 is 0 Å². The fraction of sp³-hybridized carbons (Fsp3) is 0.235. The van der Waals surface area contributed by atoms with Crippen molar-refractivity contribution in [3.63, 3.8) is 0 Å². The number of ether oxygens (including phenoxy) is 1. The Morgan fingerprint density at radius 3 is 2.68 bits per heavy atom. The van der Waals surface area contributed by atoms with Crippen LogP contribution in [0.4, 0.5) is 11.4 Å². The first-order chi connectivity index (χ1) is 10.6. The second kappa shape index (κ2) is 7.71. The monoisotopic (exact) mass is 318 g/mol. The zero-order valence-corrected chi connectivity index (χ0v) is 13.4. The quantitative estimate of drug-likeness (QED) is 0.843. The second-order valence-electron chi connectivity index (χ2n) is 4.88. The van der Waals surface area contributed by atoms with E-state index in [1.54, 1.807) is 7.11 Å². The van der Waals surface area contributed by atoms with Gasteiger partial charge in [-0.1, -0.05) is 23.7 Å². The molecule has 0 aromatic heterocycles. The molecule has 2 N–H and O–H groups in total. The van der Waals surface area contributed by atoms with Gasteiger partial charge in [-0.25, -0.2) is 0 Å². The number of benzene rings is 2. The van der Waals surface area contributed by atoms with E-state index >= 15 is 0 Å². The SMILES string of the molecule is COc1ccccc1NC(=O)CCNc1ccc(Cl)cc1C. The van der Waals surface area contributed by atoms with Crippen molar-refractivity contribution in [3.8, 4) is 5.75 Å². The van der Waals surface area contributed by atoms with Crippen molar-refractivity contribution in [2.75, 3.05) is 24.3 Å². The summed E-state index contributed by atoms with van der Waals surface area (Å²) in [7, 11) is 1.58. The summed E-state index contributed by atoms with van der Waals surface area (Å²) in [5, 5.41) is 6.79. The summed E-state index contributed by atoms with van der Waals surface area (Å²) in [4.78, 5) is 12.0. The Hall–Kier alpha value is -2.20. The van der Waals surface area contributed by atoms with E-state index in [2.05, 4.69) is 10.6 Å². The Labute approximate surface area is 135 Å². The zero-order chi connectivity index (χ0) is 15.9. The largest absolute Gasteiger partial charge is 0.495 e. The van der Waals surface area contributed by atoms with E-state index in [-0.39, 0.29) is 5.91 Å². The number of amides is 1. The number of nitrogens with one attached hydrogen (secondary N) is 2. The van der Waals surface area contributed by atoms with Gasteiger partial charge in [0, 0.05) is 23.7 Å². The molecule has 0 aliphatic rings. The van der Waals surface area contributed by atoms with E-state index in [1.807, 2.05) is 49.4 Å². The molecule has 0 saturated heterocycles. The van der Waals surface area contributed by atoms with Crippen LogP contribution in [0.25, 0.3) is 0 Å². The number of methoxy groups -OCH3 is 1. The van der Waals surface area contributed by atoms with Crippen LogP contribution in [-0.4, -0.2) is 19.6 Å².